The summed E-state index contributed by atoms with van der Waals surface area (Å²) in [5.74, 6) is -0.217. The van der Waals surface area contributed by atoms with E-state index in [0.717, 1.165) is 6.54 Å². The second-order valence-corrected chi connectivity index (χ2v) is 5.27. The second-order valence-electron chi connectivity index (χ2n) is 5.27. The highest BCUT2D eigenvalue weighted by molar-refractivity contribution is 6.10. The summed E-state index contributed by atoms with van der Waals surface area (Å²) in [6.07, 6.45) is 4.01. The molecule has 2 rings (SSSR count). The maximum atomic E-state index is 12.5. The highest BCUT2D eigenvalue weighted by atomic mass is 16.2. The van der Waals surface area contributed by atoms with Gasteiger partial charge in [-0.1, -0.05) is 6.92 Å². The Morgan fingerprint density at radius 2 is 2.05 bits per heavy atom. The first-order valence-corrected chi connectivity index (χ1v) is 6.58. The zero-order chi connectivity index (χ0) is 14.2. The third-order valence-corrected chi connectivity index (χ3v) is 3.41. The van der Waals surface area contributed by atoms with Crippen molar-refractivity contribution in [2.24, 2.45) is 0 Å². The monoisotopic (exact) mass is 264 g/mol. The van der Waals surface area contributed by atoms with Crippen LogP contribution in [0.1, 0.15) is 34.1 Å². The molecule has 6 nitrogen and oxygen atoms in total. The van der Waals surface area contributed by atoms with E-state index >= 15 is 0 Å². The van der Waals surface area contributed by atoms with Gasteiger partial charge in [-0.05, 0) is 27.2 Å². The van der Waals surface area contributed by atoms with Gasteiger partial charge in [-0.2, -0.15) is 5.10 Å². The van der Waals surface area contributed by atoms with E-state index in [1.807, 2.05) is 13.8 Å². The highest BCUT2D eigenvalue weighted by Crippen LogP contribution is 2.26. The third kappa shape index (κ3) is 2.22. The van der Waals surface area contributed by atoms with Gasteiger partial charge >= 0.3 is 0 Å². The van der Waals surface area contributed by atoms with Gasteiger partial charge in [0.25, 0.3) is 5.91 Å². The first-order valence-electron chi connectivity index (χ1n) is 6.58. The number of hydrogen-bond acceptors (Lipinski definition) is 3. The molecule has 1 aliphatic heterocycles. The molecule has 104 valence electrons. The zero-order valence-electron chi connectivity index (χ0n) is 11.8. The van der Waals surface area contributed by atoms with Gasteiger partial charge in [-0.15, -0.1) is 0 Å². The van der Waals surface area contributed by atoms with Crippen LogP contribution >= 0.6 is 0 Å². The first kappa shape index (κ1) is 13.6. The van der Waals surface area contributed by atoms with E-state index in [9.17, 15) is 9.59 Å². The predicted molar refractivity (Wildman–Crippen MR) is 71.7 cm³/mol. The Balaban J connectivity index is 2.42. The average molecular weight is 264 g/mol. The Hall–Kier alpha value is -1.85. The number of nitrogens with zero attached hydrogens (tertiary/aromatic N) is 3. The van der Waals surface area contributed by atoms with Crippen LogP contribution in [0.5, 0.6) is 0 Å². The first-order chi connectivity index (χ1) is 8.90. The van der Waals surface area contributed by atoms with Crippen LogP contribution < -0.4 is 10.2 Å². The van der Waals surface area contributed by atoms with Crippen molar-refractivity contribution in [3.8, 4) is 0 Å². The Bertz CT molecular complexity index is 506. The number of aromatic nitrogens is 2. The van der Waals surface area contributed by atoms with Gasteiger partial charge in [0, 0.05) is 12.7 Å². The van der Waals surface area contributed by atoms with E-state index in [-0.39, 0.29) is 11.8 Å². The maximum absolute atomic E-state index is 12.5. The quantitative estimate of drug-likeness (QED) is 0.883. The van der Waals surface area contributed by atoms with Crippen molar-refractivity contribution in [1.82, 2.24) is 15.1 Å². The van der Waals surface area contributed by atoms with Crippen LogP contribution in [-0.2, 0) is 16.1 Å². The molecule has 0 saturated carbocycles. The molecular weight excluding hydrogens is 244 g/mol. The molecule has 1 aromatic heterocycles. The van der Waals surface area contributed by atoms with E-state index in [1.54, 1.807) is 35.8 Å². The Morgan fingerprint density at radius 3 is 2.58 bits per heavy atom. The summed E-state index contributed by atoms with van der Waals surface area (Å²) >= 11 is 0. The molecule has 0 radical (unpaired) electrons. The lowest BCUT2D eigenvalue weighted by atomic mass is 9.95. The number of rotatable bonds is 3. The second kappa shape index (κ2) is 4.68. The number of hydrogen-bond donors (Lipinski definition) is 1. The summed E-state index contributed by atoms with van der Waals surface area (Å²) in [5.41, 5.74) is -0.196. The smallest absolute Gasteiger partial charge is 0.252 e. The summed E-state index contributed by atoms with van der Waals surface area (Å²) in [4.78, 5) is 26.2. The number of aryl methyl sites for hydroxylation is 1. The molecule has 2 heterocycles. The minimum absolute atomic E-state index is 0.102. The molecule has 0 bridgehead atoms. The van der Waals surface area contributed by atoms with E-state index in [2.05, 4.69) is 10.4 Å². The van der Waals surface area contributed by atoms with Crippen molar-refractivity contribution in [3.63, 3.8) is 0 Å². The van der Waals surface area contributed by atoms with E-state index in [1.165, 1.54) is 0 Å². The van der Waals surface area contributed by atoms with Crippen LogP contribution in [-0.4, -0.2) is 33.2 Å². The van der Waals surface area contributed by atoms with Crippen molar-refractivity contribution < 1.29 is 9.59 Å². The molecule has 0 aliphatic carbocycles. The van der Waals surface area contributed by atoms with Crippen molar-refractivity contribution in [3.05, 3.63) is 12.4 Å². The Kier molecular flexibility index (Phi) is 3.34. The summed E-state index contributed by atoms with van der Waals surface area (Å²) in [6, 6.07) is -0.463. The molecule has 2 amide bonds. The van der Waals surface area contributed by atoms with Crippen LogP contribution in [0, 0.1) is 0 Å². The number of anilines is 1. The van der Waals surface area contributed by atoms with Gasteiger partial charge in [0.2, 0.25) is 5.91 Å². The van der Waals surface area contributed by atoms with Gasteiger partial charge < -0.3 is 5.32 Å². The van der Waals surface area contributed by atoms with Gasteiger partial charge in [0.05, 0.1) is 11.9 Å². The topological polar surface area (TPSA) is 67.2 Å². The van der Waals surface area contributed by atoms with Crippen molar-refractivity contribution in [2.45, 2.75) is 52.2 Å². The van der Waals surface area contributed by atoms with Crippen LogP contribution in [0.25, 0.3) is 0 Å². The maximum Gasteiger partial charge on any atom is 0.252 e. The number of carbonyl (C=O) groups excluding carboxylic acids is 2. The fourth-order valence-corrected chi connectivity index (χ4v) is 2.32. The van der Waals surface area contributed by atoms with Crippen molar-refractivity contribution in [1.29, 1.82) is 0 Å². The average Bonchev–Trinajstić information content (AvgIpc) is 2.81. The molecule has 6 heteroatoms. The lowest BCUT2D eigenvalue weighted by molar-refractivity contribution is -0.137. The van der Waals surface area contributed by atoms with Gasteiger partial charge in [-0.3, -0.25) is 19.2 Å². The zero-order valence-corrected chi connectivity index (χ0v) is 11.8. The molecular formula is C13H20N4O2. The molecule has 1 atom stereocenters. The van der Waals surface area contributed by atoms with E-state index < -0.39 is 11.6 Å². The number of nitrogens with one attached hydrogen (secondary N) is 1. The molecule has 19 heavy (non-hydrogen) atoms. The summed E-state index contributed by atoms with van der Waals surface area (Å²) in [6.45, 7) is 8.04. The van der Waals surface area contributed by atoms with Crippen LogP contribution in [0.3, 0.4) is 0 Å². The van der Waals surface area contributed by atoms with E-state index in [4.69, 9.17) is 0 Å². The van der Waals surface area contributed by atoms with Crippen LogP contribution in [0.4, 0.5) is 5.69 Å². The molecule has 1 aromatic rings. The van der Waals surface area contributed by atoms with Crippen LogP contribution in [0.15, 0.2) is 12.4 Å². The Labute approximate surface area is 112 Å². The minimum atomic E-state index is -0.878. The molecule has 1 unspecified atom stereocenters. The molecule has 1 saturated heterocycles. The standard InChI is InChI=1S/C13H20N4O2/c1-5-10-11(18)15-13(3,4)12(19)17(10)9-7-14-16(6-2)8-9/h7-8,10H,5-6H2,1-4H3,(H,15,18). The minimum Gasteiger partial charge on any atom is -0.340 e. The fraction of sp³-hybridized carbons (Fsp3) is 0.615. The lowest BCUT2D eigenvalue weighted by Crippen LogP contribution is -2.68. The van der Waals surface area contributed by atoms with Gasteiger partial charge in [-0.25, -0.2) is 0 Å². The molecule has 1 aliphatic rings. The molecule has 1 fully saturated rings. The van der Waals surface area contributed by atoms with Crippen molar-refractivity contribution >= 4 is 17.5 Å². The lowest BCUT2D eigenvalue weighted by Gasteiger charge is -2.41. The SMILES string of the molecule is CCC1C(=O)NC(C)(C)C(=O)N1c1cnn(CC)c1. The molecule has 0 spiro atoms. The predicted octanol–water partition coefficient (Wildman–Crippen LogP) is 0.923. The van der Waals surface area contributed by atoms with Gasteiger partial charge in [0.15, 0.2) is 0 Å². The summed E-state index contributed by atoms with van der Waals surface area (Å²) < 4.78 is 1.74. The summed E-state index contributed by atoms with van der Waals surface area (Å²) in [5, 5.41) is 6.95. The number of piperazine rings is 1. The van der Waals surface area contributed by atoms with Crippen LogP contribution in [0.2, 0.25) is 0 Å². The fourth-order valence-electron chi connectivity index (χ4n) is 2.32. The highest BCUT2D eigenvalue weighted by Gasteiger charge is 2.45. The molecule has 1 N–H and O–H groups in total. The summed E-state index contributed by atoms with van der Waals surface area (Å²) in [7, 11) is 0. The van der Waals surface area contributed by atoms with Gasteiger partial charge in [0.1, 0.15) is 11.6 Å². The largest absolute Gasteiger partial charge is 0.340 e. The number of carbonyl (C=O) groups is 2. The third-order valence-electron chi connectivity index (χ3n) is 3.41. The van der Waals surface area contributed by atoms with Crippen molar-refractivity contribution in [2.75, 3.05) is 4.90 Å². The Morgan fingerprint density at radius 1 is 1.37 bits per heavy atom. The normalized spacial score (nSPS) is 22.5. The molecule has 0 aromatic carbocycles. The number of amides is 2. The van der Waals surface area contributed by atoms with E-state index in [0.29, 0.717) is 12.1 Å².